The van der Waals surface area contributed by atoms with Crippen LogP contribution in [-0.4, -0.2) is 20.9 Å². The average molecular weight is 627 g/mol. The smallest absolute Gasteiger partial charge is 0.196 e. The number of carbonyl (C=O) groups excluding carboxylic acids is 1. The van der Waals surface area contributed by atoms with Gasteiger partial charge >= 0.3 is 0 Å². The van der Waals surface area contributed by atoms with Gasteiger partial charge in [-0.25, -0.2) is 0 Å². The average Bonchev–Trinajstić information content (AvgIpc) is 3.12. The minimum atomic E-state index is -1.08. The first-order valence-corrected chi connectivity index (χ1v) is 15.6. The third kappa shape index (κ3) is 4.10. The van der Waals surface area contributed by atoms with Crippen molar-refractivity contribution in [3.8, 4) is 0 Å². The Labute approximate surface area is 272 Å². The van der Waals surface area contributed by atoms with E-state index in [2.05, 4.69) is 20.6 Å². The van der Waals surface area contributed by atoms with Gasteiger partial charge in [-0.1, -0.05) is 84.9 Å². The van der Waals surface area contributed by atoms with Gasteiger partial charge in [-0.05, 0) is 42.0 Å². The van der Waals surface area contributed by atoms with Crippen LogP contribution in [0.3, 0.4) is 0 Å². The monoisotopic (exact) mass is 626 g/mol. The lowest BCUT2D eigenvalue weighted by Gasteiger charge is -2.28. The maximum atomic E-state index is 14.3. The fourth-order valence-corrected chi connectivity index (χ4v) is 7.03. The predicted octanol–water partition coefficient (Wildman–Crippen LogP) is 7.79. The van der Waals surface area contributed by atoms with Crippen molar-refractivity contribution in [2.45, 2.75) is 6.10 Å². The zero-order chi connectivity index (χ0) is 32.5. The van der Waals surface area contributed by atoms with Crippen LogP contribution >= 0.6 is 0 Å². The van der Waals surface area contributed by atoms with E-state index in [1.54, 1.807) is 54.6 Å². The summed E-state index contributed by atoms with van der Waals surface area (Å²) in [7, 11) is 0. The molecule has 1 heterocycles. The maximum Gasteiger partial charge on any atom is 0.196 e. The molecule has 9 rings (SSSR count). The van der Waals surface area contributed by atoms with E-state index in [0.717, 1.165) is 11.4 Å². The highest BCUT2D eigenvalue weighted by Crippen LogP contribution is 2.43. The Balaban J connectivity index is 1.41. The van der Waals surface area contributed by atoms with Crippen molar-refractivity contribution in [2.24, 2.45) is 0 Å². The van der Waals surface area contributed by atoms with Crippen LogP contribution in [0.2, 0.25) is 0 Å². The van der Waals surface area contributed by atoms with Crippen molar-refractivity contribution in [1.29, 1.82) is 0 Å². The number of rotatable bonds is 4. The molecule has 8 heteroatoms. The van der Waals surface area contributed by atoms with Gasteiger partial charge in [0.25, 0.3) is 0 Å². The highest BCUT2D eigenvalue weighted by molar-refractivity contribution is 6.21. The standard InChI is InChI=1S/C40H26N4O4/c45-37-23-15-7-9-17-25(23)39(47)33-31(37)27(41-21-11-3-1-4-12-21)19-29-35(33)44-30-20-28(42-22-13-5-2-6-14-22)32-34(36(30)43-29)40(48)26-18-10-8-16-24(26)38(32)46/h1-20,37,41-45H. The quantitative estimate of drug-likeness (QED) is 0.100. The number of hydrogen-bond acceptors (Lipinski definition) is 6. The molecule has 0 saturated carbocycles. The van der Waals surface area contributed by atoms with Gasteiger partial charge in [-0.2, -0.15) is 0 Å². The molecule has 8 nitrogen and oxygen atoms in total. The maximum absolute atomic E-state index is 14.3. The third-order valence-electron chi connectivity index (χ3n) is 9.19. The molecule has 48 heavy (non-hydrogen) atoms. The molecule has 0 radical (unpaired) electrons. The second-order valence-corrected chi connectivity index (χ2v) is 12.0. The minimum absolute atomic E-state index is 0.236. The van der Waals surface area contributed by atoms with Crippen LogP contribution in [0.5, 0.6) is 0 Å². The highest BCUT2D eigenvalue weighted by atomic mass is 16.3. The summed E-state index contributed by atoms with van der Waals surface area (Å²) >= 11 is 0. The molecule has 1 aliphatic carbocycles. The van der Waals surface area contributed by atoms with Gasteiger partial charge < -0.3 is 25.7 Å². The Kier molecular flexibility index (Phi) is 6.08. The summed E-state index contributed by atoms with van der Waals surface area (Å²) in [5.74, 6) is -0.239. The number of H-pyrrole nitrogens is 2. The molecule has 8 aromatic rings. The summed E-state index contributed by atoms with van der Waals surface area (Å²) < 4.78 is 0. The van der Waals surface area contributed by atoms with E-state index < -0.39 is 6.10 Å². The molecule has 1 unspecified atom stereocenters. The molecule has 7 aromatic carbocycles. The molecule has 0 bridgehead atoms. The second-order valence-electron chi connectivity index (χ2n) is 12.0. The predicted molar refractivity (Wildman–Crippen MR) is 191 cm³/mol. The number of nitrogens with one attached hydrogen (secondary N) is 4. The number of anilines is 4. The topological polar surface area (TPSA) is 127 Å². The number of aromatic nitrogens is 2. The van der Waals surface area contributed by atoms with Crippen LogP contribution in [-0.2, 0) is 0 Å². The number of aromatic amines is 2. The van der Waals surface area contributed by atoms with Gasteiger partial charge in [-0.15, -0.1) is 0 Å². The molecule has 1 aliphatic rings. The number of carbonyl (C=O) groups is 1. The zero-order valence-electron chi connectivity index (χ0n) is 25.3. The molecule has 0 amide bonds. The molecule has 1 aromatic heterocycles. The van der Waals surface area contributed by atoms with Crippen molar-refractivity contribution in [3.63, 3.8) is 0 Å². The van der Waals surface area contributed by atoms with E-state index in [-0.39, 0.29) is 27.4 Å². The van der Waals surface area contributed by atoms with Crippen molar-refractivity contribution < 1.29 is 9.90 Å². The summed E-state index contributed by atoms with van der Waals surface area (Å²) in [6, 6.07) is 36.5. The van der Waals surface area contributed by atoms with Crippen LogP contribution in [0.25, 0.3) is 43.6 Å². The zero-order valence-corrected chi connectivity index (χ0v) is 25.3. The van der Waals surface area contributed by atoms with Crippen molar-refractivity contribution in [1.82, 2.24) is 9.97 Å². The van der Waals surface area contributed by atoms with Crippen LogP contribution in [0.4, 0.5) is 22.7 Å². The lowest BCUT2D eigenvalue weighted by molar-refractivity contribution is 0.102. The molecule has 1 atom stereocenters. The first-order chi connectivity index (χ1) is 23.5. The largest absolute Gasteiger partial charge is 0.384 e. The Morgan fingerprint density at radius 2 is 1.08 bits per heavy atom. The molecule has 0 spiro atoms. The number of benzene rings is 7. The molecule has 0 fully saturated rings. The molecule has 230 valence electrons. The van der Waals surface area contributed by atoms with E-state index >= 15 is 0 Å². The second kappa shape index (κ2) is 10.5. The van der Waals surface area contributed by atoms with Gasteiger partial charge in [0.1, 0.15) is 6.10 Å². The van der Waals surface area contributed by atoms with E-state index in [1.807, 2.05) is 66.7 Å². The van der Waals surface area contributed by atoms with Crippen molar-refractivity contribution >= 4 is 72.1 Å². The third-order valence-corrected chi connectivity index (χ3v) is 9.19. The number of para-hydroxylation sites is 2. The van der Waals surface area contributed by atoms with E-state index in [9.17, 15) is 19.5 Å². The first kappa shape index (κ1) is 27.8. The summed E-state index contributed by atoms with van der Waals surface area (Å²) in [5, 5.41) is 19.7. The van der Waals surface area contributed by atoms with E-state index in [1.165, 1.54) is 0 Å². The molecular weight excluding hydrogens is 600 g/mol. The van der Waals surface area contributed by atoms with Crippen LogP contribution in [0.15, 0.2) is 131 Å². The summed E-state index contributed by atoms with van der Waals surface area (Å²) in [4.78, 5) is 49.6. The Bertz CT molecular complexity index is 2750. The molecular formula is C40H26N4O4. The van der Waals surface area contributed by atoms with Gasteiger partial charge in [0.15, 0.2) is 16.6 Å². The van der Waals surface area contributed by atoms with Gasteiger partial charge in [0.05, 0.1) is 44.1 Å². The van der Waals surface area contributed by atoms with Gasteiger partial charge in [0.2, 0.25) is 0 Å². The Hall–Kier alpha value is -6.51. The van der Waals surface area contributed by atoms with Crippen LogP contribution in [0, 0.1) is 0 Å². The first-order valence-electron chi connectivity index (χ1n) is 15.6. The number of aliphatic hydroxyl groups is 1. The molecule has 0 saturated heterocycles. The number of fused-ring (bicyclic) bond motifs is 8. The lowest BCUT2D eigenvalue weighted by atomic mass is 9.81. The SMILES string of the molecule is O=C1c2ccccc2C(O)c2c(Nc3ccccc3)cc3[nH]c4c(cc(Nc5ccccc5)c5c(=O)c6ccccc6c(=O)c54)[nH]c3c21. The molecule has 5 N–H and O–H groups in total. The molecule has 0 aliphatic heterocycles. The van der Waals surface area contributed by atoms with Crippen molar-refractivity contribution in [3.05, 3.63) is 164 Å². The van der Waals surface area contributed by atoms with Crippen LogP contribution < -0.4 is 21.5 Å². The fourth-order valence-electron chi connectivity index (χ4n) is 7.03. The number of hydrogen-bond donors (Lipinski definition) is 5. The summed E-state index contributed by atoms with van der Waals surface area (Å²) in [5.41, 5.74) is 5.58. The fraction of sp³-hybridized carbons (Fsp3) is 0.0250. The summed E-state index contributed by atoms with van der Waals surface area (Å²) in [6.07, 6.45) is -1.08. The lowest BCUT2D eigenvalue weighted by Crippen LogP contribution is -2.22. The van der Waals surface area contributed by atoms with Gasteiger partial charge in [0, 0.05) is 39.0 Å². The van der Waals surface area contributed by atoms with Gasteiger partial charge in [-0.3, -0.25) is 14.4 Å². The Morgan fingerprint density at radius 1 is 0.562 bits per heavy atom. The van der Waals surface area contributed by atoms with Crippen molar-refractivity contribution in [2.75, 3.05) is 10.6 Å². The summed E-state index contributed by atoms with van der Waals surface area (Å²) in [6.45, 7) is 0. The number of ketones is 1. The number of aliphatic hydroxyl groups excluding tert-OH is 1. The normalized spacial score (nSPS) is 13.9. The van der Waals surface area contributed by atoms with Crippen LogP contribution in [0.1, 0.15) is 33.2 Å². The van der Waals surface area contributed by atoms with E-state index in [4.69, 9.17) is 0 Å². The highest BCUT2D eigenvalue weighted by Gasteiger charge is 2.34. The van der Waals surface area contributed by atoms with E-state index in [0.29, 0.717) is 66.5 Å². The minimum Gasteiger partial charge on any atom is -0.384 e. The Morgan fingerprint density at radius 3 is 1.77 bits per heavy atom.